The number of aromatic nitrogens is 2. The molecule has 0 bridgehead atoms. The fraction of sp³-hybridized carbons (Fsp3) is 0.472. The number of nitriles is 1. The molecule has 0 saturated carbocycles. The van der Waals surface area contributed by atoms with Gasteiger partial charge in [0, 0.05) is 63.5 Å². The third kappa shape index (κ3) is 16.4. The quantitative estimate of drug-likeness (QED) is 0.0137. The Balaban J connectivity index is 1.50. The van der Waals surface area contributed by atoms with E-state index in [1.54, 1.807) is 33.2 Å². The van der Waals surface area contributed by atoms with E-state index in [2.05, 4.69) is 26.0 Å². The zero-order valence-corrected chi connectivity index (χ0v) is 44.1. The maximum absolute atomic E-state index is 14.1. The highest BCUT2D eigenvalue weighted by Crippen LogP contribution is 2.51. The van der Waals surface area contributed by atoms with Crippen molar-refractivity contribution in [2.45, 2.75) is 109 Å². The first-order valence-corrected chi connectivity index (χ1v) is 25.6. The number of hydrogen-bond acceptors (Lipinski definition) is 13. The molecule has 400 valence electrons. The van der Waals surface area contributed by atoms with Crippen molar-refractivity contribution >= 4 is 38.6 Å². The number of carbonyl (C=O) groups excluding carboxylic acids is 2. The molecule has 0 aliphatic carbocycles. The summed E-state index contributed by atoms with van der Waals surface area (Å²) in [6, 6.07) is 27.2. The molecule has 74 heavy (non-hydrogen) atoms. The van der Waals surface area contributed by atoms with Crippen LogP contribution in [0.1, 0.15) is 94.7 Å². The molecule has 1 fully saturated rings. The van der Waals surface area contributed by atoms with Gasteiger partial charge in [-0.05, 0) is 87.6 Å². The molecule has 2 amide bonds. The molecule has 1 aromatic heterocycles. The predicted molar refractivity (Wildman–Crippen MR) is 277 cm³/mol. The molecule has 1 aliphatic rings. The smallest absolute Gasteiger partial charge is 0.471 e. The van der Waals surface area contributed by atoms with Crippen LogP contribution in [0.25, 0.3) is 6.08 Å². The van der Waals surface area contributed by atoms with E-state index in [0.29, 0.717) is 49.3 Å². The molecule has 4 aromatic rings. The molecule has 21 heteroatoms. The first kappa shape index (κ1) is 58.7. The Morgan fingerprint density at radius 1 is 0.905 bits per heavy atom. The molecule has 5 rings (SSSR count). The van der Waals surface area contributed by atoms with Gasteiger partial charge in [0.25, 0.3) is 8.53 Å². The summed E-state index contributed by atoms with van der Waals surface area (Å²) in [6.45, 7) is 8.41. The van der Waals surface area contributed by atoms with Gasteiger partial charge in [0.15, 0.2) is 5.82 Å². The van der Waals surface area contributed by atoms with Gasteiger partial charge in [-0.15, -0.1) is 0 Å². The molecule has 2 heterocycles. The highest BCUT2D eigenvalue weighted by Gasteiger charge is 2.45. The maximum atomic E-state index is 14.1. The lowest BCUT2D eigenvalue weighted by Crippen LogP contribution is -2.39. The van der Waals surface area contributed by atoms with Crippen molar-refractivity contribution in [3.8, 4) is 17.6 Å². The van der Waals surface area contributed by atoms with Crippen LogP contribution >= 0.6 is 8.53 Å². The summed E-state index contributed by atoms with van der Waals surface area (Å²) in [4.78, 5) is 48.7. The molecule has 1 saturated heterocycles. The molecule has 0 radical (unpaired) electrons. The molecule has 2 N–H and O–H groups in total. The average Bonchev–Trinajstić information content (AvgIpc) is 3.78. The van der Waals surface area contributed by atoms with E-state index in [-0.39, 0.29) is 50.5 Å². The molecule has 0 spiro atoms. The monoisotopic (exact) mass is 1050 g/mol. The summed E-state index contributed by atoms with van der Waals surface area (Å²) in [7, 11) is 4.92. The number of rotatable bonds is 28. The Labute approximate surface area is 432 Å². The van der Waals surface area contributed by atoms with Crippen LogP contribution in [-0.2, 0) is 33.7 Å². The van der Waals surface area contributed by atoms with Crippen molar-refractivity contribution in [3.63, 3.8) is 0 Å². The predicted octanol–water partition coefficient (Wildman–Crippen LogP) is 8.81. The van der Waals surface area contributed by atoms with E-state index in [1.165, 1.54) is 29.3 Å². The summed E-state index contributed by atoms with van der Waals surface area (Å²) in [5.41, 5.74) is 0.824. The van der Waals surface area contributed by atoms with Gasteiger partial charge < -0.3 is 43.5 Å². The number of aliphatic imine (C=N–C) groups is 1. The van der Waals surface area contributed by atoms with Crippen LogP contribution in [0.5, 0.6) is 11.5 Å². The van der Waals surface area contributed by atoms with Crippen LogP contribution in [0.2, 0.25) is 0 Å². The number of amides is 2. The number of methoxy groups -OCH3 is 2. The second-order valence-corrected chi connectivity index (χ2v) is 19.5. The number of carbonyl (C=O) groups is 2. The van der Waals surface area contributed by atoms with E-state index in [0.717, 1.165) is 16.7 Å². The summed E-state index contributed by atoms with van der Waals surface area (Å²) in [5.74, 6) is -1.04. The average molecular weight is 1050 g/mol. The van der Waals surface area contributed by atoms with Gasteiger partial charge in [-0.25, -0.2) is 14.5 Å². The summed E-state index contributed by atoms with van der Waals surface area (Å²) in [6.07, 6.45) is 0.708. The van der Waals surface area contributed by atoms with Crippen molar-refractivity contribution in [1.82, 2.24) is 29.8 Å². The third-order valence-electron chi connectivity index (χ3n) is 11.7. The van der Waals surface area contributed by atoms with Gasteiger partial charge in [-0.2, -0.15) is 23.4 Å². The minimum atomic E-state index is -4.93. The van der Waals surface area contributed by atoms with Crippen molar-refractivity contribution < 1.29 is 50.8 Å². The molecule has 4 atom stereocenters. The topological polar surface area (TPSA) is 191 Å². The third-order valence-corrected chi connectivity index (χ3v) is 13.9. The Morgan fingerprint density at radius 3 is 2.03 bits per heavy atom. The second kappa shape index (κ2) is 28.5. The summed E-state index contributed by atoms with van der Waals surface area (Å²) in [5, 5.41) is 14.1. The number of unbranched alkanes of at least 4 members (excludes halogenated alkanes) is 3. The first-order chi connectivity index (χ1) is 35.4. The summed E-state index contributed by atoms with van der Waals surface area (Å²) >= 11 is 0. The highest BCUT2D eigenvalue weighted by molar-refractivity contribution is 7.44. The lowest BCUT2D eigenvalue weighted by atomic mass is 9.80. The summed E-state index contributed by atoms with van der Waals surface area (Å²) < 4.78 is 79.5. The number of ether oxygens (including phenoxy) is 4. The Hall–Kier alpha value is -6.20. The number of alkyl halides is 3. The van der Waals surface area contributed by atoms with Crippen LogP contribution < -0.4 is 25.8 Å². The largest absolute Gasteiger partial charge is 0.497 e. The van der Waals surface area contributed by atoms with Crippen LogP contribution in [-0.4, -0.2) is 122 Å². The van der Waals surface area contributed by atoms with Crippen LogP contribution in [0.15, 0.2) is 101 Å². The van der Waals surface area contributed by atoms with E-state index >= 15 is 0 Å². The van der Waals surface area contributed by atoms with Crippen LogP contribution in [0.3, 0.4) is 0 Å². The highest BCUT2D eigenvalue weighted by atomic mass is 31.2. The maximum Gasteiger partial charge on any atom is 0.471 e. The van der Waals surface area contributed by atoms with Gasteiger partial charge in [0.05, 0.1) is 52.4 Å². The molecular formula is C53H68F3N8O9P. The van der Waals surface area contributed by atoms with Gasteiger partial charge in [0.2, 0.25) is 5.91 Å². The number of halogens is 3. The molecular weight excluding hydrogens is 981 g/mol. The van der Waals surface area contributed by atoms with E-state index in [9.17, 15) is 32.8 Å². The van der Waals surface area contributed by atoms with Crippen molar-refractivity contribution in [1.29, 1.82) is 5.26 Å². The lowest BCUT2D eigenvalue weighted by molar-refractivity contribution is -0.173. The molecule has 17 nitrogen and oxygen atoms in total. The van der Waals surface area contributed by atoms with Gasteiger partial charge >= 0.3 is 17.8 Å². The van der Waals surface area contributed by atoms with Crippen molar-refractivity contribution in [3.05, 3.63) is 124 Å². The van der Waals surface area contributed by atoms with E-state index in [1.807, 2.05) is 112 Å². The van der Waals surface area contributed by atoms with Gasteiger partial charge in [-0.3, -0.25) is 14.2 Å². The Kier molecular flexibility index (Phi) is 22.6. The first-order valence-electron chi connectivity index (χ1n) is 24.5. The standard InChI is InChI=1S/C53H68F3N8O9P/c1-37(2)64(38(3)4)74(71-32-16-29-57)73-45-33-48(63-34-39(49(61-51(63)67)60-36-62(5)6)19-28-47(65)58-30-14-9-10-15-31-59-50(66)53(54,55)56)72-46(45)35-70-52(40-17-12-11-13-18-40,41-20-24-43(68-7)25-21-41)42-22-26-44(69-8)27-23-42/h11-13,17-28,34,36-38,45-46,48H,9-10,14-16,30-33,35H2,1-8H3,(H,58,65)(H,59,66)/b28-19+,60-36?. The Bertz CT molecular complexity index is 2500. The molecule has 1 aliphatic heterocycles. The normalized spacial score (nSPS) is 16.5. The SMILES string of the molecule is COc1ccc(C(OCC2OC(n3cc(/C=C/C(=O)NCCCCCCNC(=O)C(F)(F)F)c(N=CN(C)C)nc3=O)CC2OP(OCCC#N)N(C(C)C)C(C)C)(c2ccccc2)c2ccc(OC)cc2)cc1. The van der Waals surface area contributed by atoms with Crippen LogP contribution in [0, 0.1) is 11.3 Å². The number of benzene rings is 3. The van der Waals surface area contributed by atoms with Crippen molar-refractivity contribution in [2.24, 2.45) is 4.99 Å². The van der Waals surface area contributed by atoms with Gasteiger partial charge in [-0.1, -0.05) is 67.4 Å². The van der Waals surface area contributed by atoms with Crippen molar-refractivity contribution in [2.75, 3.05) is 54.6 Å². The Morgan fingerprint density at radius 2 is 1.49 bits per heavy atom. The van der Waals surface area contributed by atoms with Crippen LogP contribution in [0.4, 0.5) is 19.0 Å². The lowest BCUT2D eigenvalue weighted by Gasteiger charge is -2.39. The number of hydrogen-bond donors (Lipinski definition) is 2. The van der Waals surface area contributed by atoms with Gasteiger partial charge in [0.1, 0.15) is 29.4 Å². The molecule has 3 aromatic carbocycles. The fourth-order valence-electron chi connectivity index (χ4n) is 8.24. The zero-order chi connectivity index (χ0) is 53.8. The minimum Gasteiger partial charge on any atom is -0.497 e. The number of nitrogens with one attached hydrogen (secondary N) is 2. The van der Waals surface area contributed by atoms with E-state index in [4.69, 9.17) is 28.0 Å². The fourth-order valence-corrected chi connectivity index (χ4v) is 10.00. The minimum absolute atomic E-state index is 0.0179. The van der Waals surface area contributed by atoms with E-state index < -0.39 is 56.2 Å². The second-order valence-electron chi connectivity index (χ2n) is 18.1. The zero-order valence-electron chi connectivity index (χ0n) is 43.2. The number of nitrogens with zero attached hydrogens (tertiary/aromatic N) is 6. The molecule has 4 unspecified atom stereocenters.